The van der Waals surface area contributed by atoms with Gasteiger partial charge >= 0.3 is 0 Å². The van der Waals surface area contributed by atoms with Crippen LogP contribution in [0.4, 0.5) is 11.4 Å². The Morgan fingerprint density at radius 1 is 0.767 bits per heavy atom. The predicted octanol–water partition coefficient (Wildman–Crippen LogP) is 8.99. The lowest BCUT2D eigenvalue weighted by Gasteiger charge is -2.24. The smallest absolute Gasteiger partial charge is 0.0592 e. The van der Waals surface area contributed by atoms with E-state index in [9.17, 15) is 0 Å². The van der Waals surface area contributed by atoms with Crippen LogP contribution >= 0.6 is 11.3 Å². The maximum Gasteiger partial charge on any atom is 0.0592 e. The van der Waals surface area contributed by atoms with Crippen molar-refractivity contribution in [2.75, 3.05) is 11.9 Å². The van der Waals surface area contributed by atoms with Crippen molar-refractivity contribution in [2.24, 2.45) is 0 Å². The van der Waals surface area contributed by atoms with Crippen molar-refractivity contribution in [2.45, 2.75) is 57.8 Å². The van der Waals surface area contributed by atoms with E-state index in [-0.39, 0.29) is 0 Å². The van der Waals surface area contributed by atoms with Gasteiger partial charge in [0.15, 0.2) is 0 Å². The van der Waals surface area contributed by atoms with Gasteiger partial charge in [-0.3, -0.25) is 0 Å². The third kappa shape index (κ3) is 3.32. The molecule has 0 aliphatic heterocycles. The highest BCUT2D eigenvalue weighted by atomic mass is 32.1. The number of rotatable bonds is 4. The Morgan fingerprint density at radius 3 is 2.20 bits per heavy atom. The molecule has 0 unspecified atom stereocenters. The van der Waals surface area contributed by atoms with E-state index < -0.39 is 0 Å². The molecule has 1 aliphatic carbocycles. The molecule has 5 rings (SSSR count). The third-order valence-corrected chi connectivity index (χ3v) is 8.15. The summed E-state index contributed by atoms with van der Waals surface area (Å²) in [5.74, 6) is 1.24. The fourth-order valence-electron chi connectivity index (χ4n) is 5.24. The van der Waals surface area contributed by atoms with Crippen LogP contribution in [0, 0.1) is 0 Å². The number of nitrogens with zero attached hydrogens (tertiary/aromatic N) is 1. The van der Waals surface area contributed by atoms with Crippen LogP contribution in [0.15, 0.2) is 60.7 Å². The van der Waals surface area contributed by atoms with Crippen LogP contribution in [0.25, 0.3) is 20.2 Å². The molecule has 1 fully saturated rings. The summed E-state index contributed by atoms with van der Waals surface area (Å²) in [6, 6.07) is 22.7. The van der Waals surface area contributed by atoms with E-state index in [0.29, 0.717) is 5.92 Å². The molecule has 3 aromatic carbocycles. The molecule has 0 spiro atoms. The molecule has 1 nitrogen and oxygen atoms in total. The summed E-state index contributed by atoms with van der Waals surface area (Å²) in [7, 11) is 2.22. The summed E-state index contributed by atoms with van der Waals surface area (Å²) >= 11 is 2.00. The highest BCUT2D eigenvalue weighted by Gasteiger charge is 2.21. The Labute approximate surface area is 184 Å². The molecule has 30 heavy (non-hydrogen) atoms. The summed E-state index contributed by atoms with van der Waals surface area (Å²) < 4.78 is 2.93. The Balaban J connectivity index is 1.67. The molecule has 1 heterocycles. The molecular weight excluding hydrogens is 382 g/mol. The molecule has 1 aromatic heterocycles. The molecule has 0 radical (unpaired) electrons. The van der Waals surface area contributed by atoms with Gasteiger partial charge in [-0.15, -0.1) is 11.3 Å². The normalized spacial score (nSPS) is 15.3. The average molecular weight is 414 g/mol. The van der Waals surface area contributed by atoms with Gasteiger partial charge in [0.2, 0.25) is 0 Å². The minimum atomic E-state index is 0.503. The molecule has 1 saturated carbocycles. The fourth-order valence-corrected chi connectivity index (χ4v) is 6.68. The van der Waals surface area contributed by atoms with Crippen LogP contribution in [0.5, 0.6) is 0 Å². The highest BCUT2D eigenvalue weighted by Crippen LogP contribution is 2.46. The molecule has 0 N–H and O–H groups in total. The number of para-hydroxylation sites is 1. The molecule has 0 saturated heterocycles. The molecule has 154 valence electrons. The minimum Gasteiger partial charge on any atom is -0.343 e. The van der Waals surface area contributed by atoms with Crippen LogP contribution in [0.2, 0.25) is 0 Å². The van der Waals surface area contributed by atoms with Crippen molar-refractivity contribution in [1.29, 1.82) is 0 Å². The first-order valence-electron chi connectivity index (χ1n) is 11.4. The SMILES string of the molecule is CC(C)c1ccccc1N(C)c1cccc2c1sc1c(C3CCCCC3)cccc12. The van der Waals surface area contributed by atoms with Gasteiger partial charge < -0.3 is 4.90 Å². The van der Waals surface area contributed by atoms with Crippen molar-refractivity contribution >= 4 is 42.9 Å². The van der Waals surface area contributed by atoms with Gasteiger partial charge in [0.25, 0.3) is 0 Å². The number of hydrogen-bond acceptors (Lipinski definition) is 2. The highest BCUT2D eigenvalue weighted by molar-refractivity contribution is 7.26. The van der Waals surface area contributed by atoms with Crippen LogP contribution in [-0.4, -0.2) is 7.05 Å². The van der Waals surface area contributed by atoms with Gasteiger partial charge in [-0.25, -0.2) is 0 Å². The first-order valence-corrected chi connectivity index (χ1v) is 12.2. The number of thiophene rings is 1. The van der Waals surface area contributed by atoms with Gasteiger partial charge in [-0.2, -0.15) is 0 Å². The van der Waals surface area contributed by atoms with Crippen LogP contribution in [-0.2, 0) is 0 Å². The maximum atomic E-state index is 2.40. The van der Waals surface area contributed by atoms with Crippen molar-refractivity contribution in [1.82, 2.24) is 0 Å². The zero-order valence-corrected chi connectivity index (χ0v) is 19.1. The van der Waals surface area contributed by atoms with Crippen molar-refractivity contribution in [3.63, 3.8) is 0 Å². The topological polar surface area (TPSA) is 3.24 Å². The second kappa shape index (κ2) is 8.07. The lowest BCUT2D eigenvalue weighted by atomic mass is 9.84. The standard InChI is InChI=1S/C28H31NS/c1-19(2)21-13-7-8-17-25(21)29(3)26-18-10-16-24-23-15-9-14-22(27(23)30-28(24)26)20-11-5-4-6-12-20/h7-10,13-20H,4-6,11-12H2,1-3H3. The zero-order chi connectivity index (χ0) is 20.7. The molecule has 0 amide bonds. The summed E-state index contributed by atoms with van der Waals surface area (Å²) in [5.41, 5.74) is 5.62. The van der Waals surface area contributed by atoms with Crippen molar-refractivity contribution in [3.8, 4) is 0 Å². The molecule has 4 aromatic rings. The van der Waals surface area contributed by atoms with Gasteiger partial charge in [-0.05, 0) is 47.9 Å². The van der Waals surface area contributed by atoms with E-state index in [2.05, 4.69) is 86.5 Å². The molecular formula is C28H31NS. The van der Waals surface area contributed by atoms with E-state index >= 15 is 0 Å². The van der Waals surface area contributed by atoms with Crippen LogP contribution in [0.3, 0.4) is 0 Å². The van der Waals surface area contributed by atoms with Crippen molar-refractivity contribution in [3.05, 3.63) is 71.8 Å². The lowest BCUT2D eigenvalue weighted by Crippen LogP contribution is -2.12. The van der Waals surface area contributed by atoms with E-state index in [1.54, 1.807) is 5.56 Å². The van der Waals surface area contributed by atoms with Crippen LogP contribution < -0.4 is 4.90 Å². The zero-order valence-electron chi connectivity index (χ0n) is 18.3. The first kappa shape index (κ1) is 19.6. The largest absolute Gasteiger partial charge is 0.343 e. The third-order valence-electron chi connectivity index (χ3n) is 6.86. The Hall–Kier alpha value is -2.32. The van der Waals surface area contributed by atoms with Gasteiger partial charge in [0.1, 0.15) is 0 Å². The molecule has 1 aliphatic rings. The van der Waals surface area contributed by atoms with Crippen LogP contribution in [0.1, 0.15) is 68.9 Å². The first-order chi connectivity index (χ1) is 14.6. The fraction of sp³-hybridized carbons (Fsp3) is 0.357. The van der Waals surface area contributed by atoms with E-state index in [0.717, 1.165) is 5.92 Å². The Morgan fingerprint density at radius 2 is 1.43 bits per heavy atom. The second-order valence-electron chi connectivity index (χ2n) is 9.09. The van der Waals surface area contributed by atoms with E-state index in [1.807, 2.05) is 11.3 Å². The summed E-state index contributed by atoms with van der Waals surface area (Å²) in [4.78, 5) is 2.40. The second-order valence-corrected chi connectivity index (χ2v) is 10.1. The number of fused-ring (bicyclic) bond motifs is 3. The monoisotopic (exact) mass is 413 g/mol. The van der Waals surface area contributed by atoms with E-state index in [4.69, 9.17) is 0 Å². The van der Waals surface area contributed by atoms with Crippen molar-refractivity contribution < 1.29 is 0 Å². The van der Waals surface area contributed by atoms with Gasteiger partial charge in [-0.1, -0.05) is 81.6 Å². The maximum absolute atomic E-state index is 2.40. The lowest BCUT2D eigenvalue weighted by molar-refractivity contribution is 0.446. The molecule has 0 atom stereocenters. The summed E-state index contributed by atoms with van der Waals surface area (Å²) in [6.07, 6.45) is 6.87. The summed E-state index contributed by atoms with van der Waals surface area (Å²) in [6.45, 7) is 4.56. The summed E-state index contributed by atoms with van der Waals surface area (Å²) in [5, 5.41) is 2.84. The molecule has 2 heteroatoms. The number of anilines is 2. The Kier molecular flexibility index (Phi) is 5.28. The number of hydrogen-bond donors (Lipinski definition) is 0. The Bertz CT molecular complexity index is 1180. The quantitative estimate of drug-likeness (QED) is 0.322. The minimum absolute atomic E-state index is 0.503. The average Bonchev–Trinajstić information content (AvgIpc) is 3.18. The van der Waals surface area contributed by atoms with E-state index in [1.165, 1.54) is 69.2 Å². The van der Waals surface area contributed by atoms with Gasteiger partial charge in [0, 0.05) is 28.2 Å². The number of benzene rings is 3. The molecule has 0 bridgehead atoms. The predicted molar refractivity (Wildman–Crippen MR) is 134 cm³/mol. The van der Waals surface area contributed by atoms with Gasteiger partial charge in [0.05, 0.1) is 10.4 Å².